The minimum Gasteiger partial charge on any atom is -0.481 e. The Kier molecular flexibility index (Phi) is 3.18. The van der Waals surface area contributed by atoms with E-state index < -0.39 is 11.4 Å². The molecule has 1 N–H and O–H groups in total. The number of pyridine rings is 1. The minimum atomic E-state index is -0.829. The zero-order valence-corrected chi connectivity index (χ0v) is 11.4. The Morgan fingerprint density at radius 1 is 1.45 bits per heavy atom. The number of hydrogen-bond acceptors (Lipinski definition) is 3. The molecule has 1 aromatic carbocycles. The topological polar surface area (TPSA) is 59.4 Å². The van der Waals surface area contributed by atoms with Gasteiger partial charge >= 0.3 is 5.97 Å². The molecule has 20 heavy (non-hydrogen) atoms. The predicted octanol–water partition coefficient (Wildman–Crippen LogP) is 2.66. The van der Waals surface area contributed by atoms with Crippen molar-refractivity contribution in [2.75, 3.05) is 6.61 Å². The van der Waals surface area contributed by atoms with Crippen LogP contribution < -0.4 is 0 Å². The summed E-state index contributed by atoms with van der Waals surface area (Å²) >= 11 is 0. The smallest absolute Gasteiger partial charge is 0.312 e. The zero-order chi connectivity index (χ0) is 14.2. The molecule has 0 spiro atoms. The molecule has 0 bridgehead atoms. The van der Waals surface area contributed by atoms with Gasteiger partial charge < -0.3 is 9.84 Å². The molecule has 1 saturated heterocycles. The van der Waals surface area contributed by atoms with E-state index in [1.165, 1.54) is 0 Å². The van der Waals surface area contributed by atoms with Gasteiger partial charge in [0.25, 0.3) is 0 Å². The second-order valence-electron chi connectivity index (χ2n) is 5.39. The van der Waals surface area contributed by atoms with Gasteiger partial charge in [-0.25, -0.2) is 0 Å². The minimum absolute atomic E-state index is 0.271. The molecule has 1 aliphatic heterocycles. The van der Waals surface area contributed by atoms with Crippen molar-refractivity contribution in [2.24, 2.45) is 5.41 Å². The lowest BCUT2D eigenvalue weighted by Gasteiger charge is -2.27. The van der Waals surface area contributed by atoms with E-state index in [1.807, 2.05) is 37.3 Å². The van der Waals surface area contributed by atoms with Gasteiger partial charge in [0.1, 0.15) is 0 Å². The van der Waals surface area contributed by atoms with Crippen molar-refractivity contribution < 1.29 is 14.6 Å². The van der Waals surface area contributed by atoms with Crippen molar-refractivity contribution in [3.05, 3.63) is 42.1 Å². The van der Waals surface area contributed by atoms with E-state index in [0.717, 1.165) is 16.5 Å². The number of rotatable bonds is 3. The van der Waals surface area contributed by atoms with Gasteiger partial charge in [-0.3, -0.25) is 9.78 Å². The van der Waals surface area contributed by atoms with Crippen molar-refractivity contribution in [1.82, 2.24) is 4.98 Å². The number of benzene rings is 1. The van der Waals surface area contributed by atoms with Crippen LogP contribution in [0.4, 0.5) is 0 Å². The summed E-state index contributed by atoms with van der Waals surface area (Å²) in [7, 11) is 0. The molecule has 4 nitrogen and oxygen atoms in total. The fraction of sp³-hybridized carbons (Fsp3) is 0.375. The molecule has 0 saturated carbocycles. The normalized spacial score (nSPS) is 25.9. The fourth-order valence-electron chi connectivity index (χ4n) is 3.02. The first-order valence-corrected chi connectivity index (χ1v) is 6.81. The number of aromatic nitrogens is 1. The molecule has 1 fully saturated rings. The van der Waals surface area contributed by atoms with E-state index in [2.05, 4.69) is 4.98 Å². The SMILES string of the molecule is CC1OCCC1(Cc1ccnc2ccccc12)C(=O)O. The number of nitrogens with zero attached hydrogens (tertiary/aromatic N) is 1. The van der Waals surface area contributed by atoms with E-state index in [-0.39, 0.29) is 6.10 Å². The number of fused-ring (bicyclic) bond motifs is 1. The molecular formula is C16H17NO3. The average Bonchev–Trinajstić information content (AvgIpc) is 2.82. The first-order chi connectivity index (χ1) is 9.63. The molecule has 0 radical (unpaired) electrons. The number of carbonyl (C=O) groups is 1. The van der Waals surface area contributed by atoms with Crippen LogP contribution >= 0.6 is 0 Å². The highest BCUT2D eigenvalue weighted by molar-refractivity contribution is 5.83. The maximum atomic E-state index is 11.8. The Labute approximate surface area is 117 Å². The van der Waals surface area contributed by atoms with Crippen molar-refractivity contribution in [3.8, 4) is 0 Å². The Hall–Kier alpha value is -1.94. The van der Waals surface area contributed by atoms with Crippen LogP contribution in [0.2, 0.25) is 0 Å². The Balaban J connectivity index is 2.06. The fourth-order valence-corrected chi connectivity index (χ4v) is 3.02. The molecule has 4 heteroatoms. The predicted molar refractivity (Wildman–Crippen MR) is 75.5 cm³/mol. The Morgan fingerprint density at radius 2 is 2.25 bits per heavy atom. The van der Waals surface area contributed by atoms with Gasteiger partial charge in [0.2, 0.25) is 0 Å². The van der Waals surface area contributed by atoms with Crippen molar-refractivity contribution >= 4 is 16.9 Å². The van der Waals surface area contributed by atoms with E-state index in [9.17, 15) is 9.90 Å². The zero-order valence-electron chi connectivity index (χ0n) is 11.4. The third kappa shape index (κ3) is 1.96. The van der Waals surface area contributed by atoms with Gasteiger partial charge in [0.15, 0.2) is 0 Å². The second-order valence-corrected chi connectivity index (χ2v) is 5.39. The molecule has 0 aliphatic carbocycles. The van der Waals surface area contributed by atoms with Crippen LogP contribution in [-0.4, -0.2) is 28.8 Å². The van der Waals surface area contributed by atoms with Crippen molar-refractivity contribution in [1.29, 1.82) is 0 Å². The largest absolute Gasteiger partial charge is 0.481 e. The van der Waals surface area contributed by atoms with Crippen LogP contribution in [0.1, 0.15) is 18.9 Å². The number of carboxylic acid groups (broad SMARTS) is 1. The molecule has 2 atom stereocenters. The van der Waals surface area contributed by atoms with Gasteiger partial charge in [0.05, 0.1) is 17.0 Å². The summed E-state index contributed by atoms with van der Waals surface area (Å²) in [6.07, 6.45) is 2.51. The third-order valence-electron chi connectivity index (χ3n) is 4.37. The summed E-state index contributed by atoms with van der Waals surface area (Å²) in [4.78, 5) is 16.1. The summed E-state index contributed by atoms with van der Waals surface area (Å²) < 4.78 is 5.52. The van der Waals surface area contributed by atoms with Crippen LogP contribution in [-0.2, 0) is 16.0 Å². The first-order valence-electron chi connectivity index (χ1n) is 6.81. The Morgan fingerprint density at radius 3 is 2.95 bits per heavy atom. The summed E-state index contributed by atoms with van der Waals surface area (Å²) in [6.45, 7) is 2.36. The van der Waals surface area contributed by atoms with Crippen LogP contribution in [0.5, 0.6) is 0 Å². The monoisotopic (exact) mass is 271 g/mol. The highest BCUT2D eigenvalue weighted by Crippen LogP contribution is 2.39. The molecule has 104 valence electrons. The summed E-state index contributed by atoms with van der Waals surface area (Å²) in [5.41, 5.74) is 1.09. The maximum absolute atomic E-state index is 11.8. The number of carboxylic acids is 1. The summed E-state index contributed by atoms with van der Waals surface area (Å²) in [6, 6.07) is 9.75. The van der Waals surface area contributed by atoms with Gasteiger partial charge in [-0.1, -0.05) is 18.2 Å². The van der Waals surface area contributed by atoms with Gasteiger partial charge in [-0.05, 0) is 37.5 Å². The summed E-state index contributed by atoms with van der Waals surface area (Å²) in [5, 5.41) is 10.7. The summed E-state index contributed by atoms with van der Waals surface area (Å²) in [5.74, 6) is -0.775. The molecule has 2 unspecified atom stereocenters. The van der Waals surface area contributed by atoms with E-state index in [1.54, 1.807) is 6.20 Å². The van der Waals surface area contributed by atoms with Crippen molar-refractivity contribution in [2.45, 2.75) is 25.9 Å². The standard InChI is InChI=1S/C16H17NO3/c1-11-16(15(18)19,7-9-20-11)10-12-6-8-17-14-5-3-2-4-13(12)14/h2-6,8,11H,7,9-10H2,1H3,(H,18,19). The van der Waals surface area contributed by atoms with E-state index in [4.69, 9.17) is 4.74 Å². The number of ether oxygens (including phenoxy) is 1. The van der Waals surface area contributed by atoms with Gasteiger partial charge in [-0.2, -0.15) is 0 Å². The molecular weight excluding hydrogens is 254 g/mol. The van der Waals surface area contributed by atoms with Gasteiger partial charge in [0, 0.05) is 18.2 Å². The lowest BCUT2D eigenvalue weighted by atomic mass is 9.76. The lowest BCUT2D eigenvalue weighted by Crippen LogP contribution is -2.39. The highest BCUT2D eigenvalue weighted by Gasteiger charge is 2.48. The first kappa shape index (κ1) is 13.1. The number of aliphatic carboxylic acids is 1. The van der Waals surface area contributed by atoms with Crippen LogP contribution in [0.15, 0.2) is 36.5 Å². The third-order valence-corrected chi connectivity index (χ3v) is 4.37. The lowest BCUT2D eigenvalue weighted by molar-refractivity contribution is -0.151. The highest BCUT2D eigenvalue weighted by atomic mass is 16.5. The van der Waals surface area contributed by atoms with Crippen LogP contribution in [0.25, 0.3) is 10.9 Å². The molecule has 2 heterocycles. The molecule has 1 aliphatic rings. The van der Waals surface area contributed by atoms with Crippen LogP contribution in [0, 0.1) is 5.41 Å². The van der Waals surface area contributed by atoms with E-state index >= 15 is 0 Å². The van der Waals surface area contributed by atoms with Crippen molar-refractivity contribution in [3.63, 3.8) is 0 Å². The number of para-hydroxylation sites is 1. The van der Waals surface area contributed by atoms with Gasteiger partial charge in [-0.15, -0.1) is 0 Å². The second kappa shape index (κ2) is 4.87. The molecule has 3 rings (SSSR count). The van der Waals surface area contributed by atoms with E-state index in [0.29, 0.717) is 19.4 Å². The average molecular weight is 271 g/mol. The number of hydrogen-bond donors (Lipinski definition) is 1. The molecule has 0 amide bonds. The van der Waals surface area contributed by atoms with Crippen LogP contribution in [0.3, 0.4) is 0 Å². The maximum Gasteiger partial charge on any atom is 0.312 e. The molecule has 1 aromatic heterocycles. The Bertz CT molecular complexity index is 650. The molecule has 2 aromatic rings. The quantitative estimate of drug-likeness (QED) is 0.932.